The number of likely N-dealkylation sites (tertiary alicyclic amines) is 1. The molecule has 27 heavy (non-hydrogen) atoms. The average Bonchev–Trinajstić information content (AvgIpc) is 2.67. The number of aromatic nitrogens is 1. The lowest BCUT2D eigenvalue weighted by atomic mass is 9.87. The molecule has 0 radical (unpaired) electrons. The number of hydrogen-bond acceptors (Lipinski definition) is 3. The van der Waals surface area contributed by atoms with Crippen LogP contribution >= 0.6 is 0 Å². The summed E-state index contributed by atoms with van der Waals surface area (Å²) in [5.41, 5.74) is 2.91. The monoisotopic (exact) mass is 366 g/mol. The summed E-state index contributed by atoms with van der Waals surface area (Å²) in [6.07, 6.45) is 3.70. The summed E-state index contributed by atoms with van der Waals surface area (Å²) in [7, 11) is 0. The van der Waals surface area contributed by atoms with E-state index in [2.05, 4.69) is 11.1 Å². The zero-order valence-electron chi connectivity index (χ0n) is 16.1. The Morgan fingerprint density at radius 1 is 1.07 bits per heavy atom. The highest BCUT2D eigenvalue weighted by Gasteiger charge is 2.30. The topological polar surface area (TPSA) is 70.5 Å². The lowest BCUT2D eigenvalue weighted by Gasteiger charge is -2.36. The molecule has 1 saturated heterocycles. The minimum atomic E-state index is -0.931. The van der Waals surface area contributed by atoms with E-state index in [-0.39, 0.29) is 16.9 Å². The van der Waals surface area contributed by atoms with E-state index in [1.165, 1.54) is 5.56 Å². The molecule has 1 aliphatic heterocycles. The van der Waals surface area contributed by atoms with Gasteiger partial charge in [-0.2, -0.15) is 0 Å². The SMILES string of the molecule is CC(C)(C)C(=O)N1CCC(c2ccnc(-c3ccc(C(=O)O)cc3)c2)CC1. The summed E-state index contributed by atoms with van der Waals surface area (Å²) < 4.78 is 0. The lowest BCUT2D eigenvalue weighted by Crippen LogP contribution is -2.43. The number of rotatable bonds is 3. The molecule has 1 fully saturated rings. The Bertz CT molecular complexity index is 829. The van der Waals surface area contributed by atoms with Gasteiger partial charge in [0.05, 0.1) is 11.3 Å². The van der Waals surface area contributed by atoms with E-state index in [1.807, 2.05) is 37.9 Å². The molecule has 5 heteroatoms. The molecule has 1 aliphatic rings. The zero-order valence-corrected chi connectivity index (χ0v) is 16.1. The maximum absolute atomic E-state index is 12.5. The predicted molar refractivity (Wildman–Crippen MR) is 105 cm³/mol. The van der Waals surface area contributed by atoms with Gasteiger partial charge in [-0.25, -0.2) is 4.79 Å². The fourth-order valence-electron chi connectivity index (χ4n) is 3.53. The van der Waals surface area contributed by atoms with Gasteiger partial charge in [-0.05, 0) is 48.6 Å². The van der Waals surface area contributed by atoms with Crippen molar-refractivity contribution in [2.45, 2.75) is 39.5 Å². The van der Waals surface area contributed by atoms with Gasteiger partial charge in [-0.3, -0.25) is 9.78 Å². The second kappa shape index (κ2) is 7.51. The molecule has 0 saturated carbocycles. The number of pyridine rings is 1. The number of nitrogens with zero attached hydrogens (tertiary/aromatic N) is 2. The molecular formula is C22H26N2O3. The maximum atomic E-state index is 12.5. The van der Waals surface area contributed by atoms with Crippen molar-refractivity contribution in [1.82, 2.24) is 9.88 Å². The van der Waals surface area contributed by atoms with Crippen LogP contribution in [-0.4, -0.2) is 40.0 Å². The molecule has 0 bridgehead atoms. The predicted octanol–water partition coefficient (Wildman–Crippen LogP) is 4.20. The van der Waals surface area contributed by atoms with Crippen LogP contribution in [0.1, 0.15) is 55.5 Å². The molecule has 0 unspecified atom stereocenters. The highest BCUT2D eigenvalue weighted by molar-refractivity contribution is 5.88. The van der Waals surface area contributed by atoms with Gasteiger partial charge in [0.1, 0.15) is 0 Å². The molecule has 0 spiro atoms. The highest BCUT2D eigenvalue weighted by Crippen LogP contribution is 2.31. The summed E-state index contributed by atoms with van der Waals surface area (Å²) in [6.45, 7) is 7.46. The first-order valence-electron chi connectivity index (χ1n) is 9.35. The normalized spacial score (nSPS) is 15.6. The summed E-state index contributed by atoms with van der Waals surface area (Å²) in [6, 6.07) is 10.9. The van der Waals surface area contributed by atoms with Gasteiger partial charge in [0, 0.05) is 30.3 Å². The number of carboxylic acid groups (broad SMARTS) is 1. The van der Waals surface area contributed by atoms with Crippen molar-refractivity contribution >= 4 is 11.9 Å². The van der Waals surface area contributed by atoms with Crippen LogP contribution in [0, 0.1) is 5.41 Å². The molecule has 1 aromatic heterocycles. The third kappa shape index (κ3) is 4.35. The molecule has 2 heterocycles. The minimum Gasteiger partial charge on any atom is -0.478 e. The molecule has 142 valence electrons. The van der Waals surface area contributed by atoms with E-state index in [9.17, 15) is 9.59 Å². The summed E-state index contributed by atoms with van der Waals surface area (Å²) in [5, 5.41) is 9.03. The van der Waals surface area contributed by atoms with Crippen molar-refractivity contribution in [3.05, 3.63) is 53.7 Å². The number of piperidine rings is 1. The maximum Gasteiger partial charge on any atom is 0.335 e. The molecule has 1 N–H and O–H groups in total. The third-order valence-electron chi connectivity index (χ3n) is 5.11. The Morgan fingerprint density at radius 2 is 1.70 bits per heavy atom. The van der Waals surface area contributed by atoms with Crippen LogP contribution in [0.2, 0.25) is 0 Å². The first-order valence-corrected chi connectivity index (χ1v) is 9.35. The summed E-state index contributed by atoms with van der Waals surface area (Å²) >= 11 is 0. The van der Waals surface area contributed by atoms with E-state index in [4.69, 9.17) is 5.11 Å². The number of hydrogen-bond donors (Lipinski definition) is 1. The van der Waals surface area contributed by atoms with Crippen molar-refractivity contribution in [1.29, 1.82) is 0 Å². The average molecular weight is 366 g/mol. The number of aromatic carboxylic acids is 1. The Hall–Kier alpha value is -2.69. The number of carboxylic acids is 1. The summed E-state index contributed by atoms with van der Waals surface area (Å²) in [5.74, 6) is -0.302. The number of benzene rings is 1. The molecule has 1 amide bonds. The van der Waals surface area contributed by atoms with Crippen molar-refractivity contribution in [2.24, 2.45) is 5.41 Å². The largest absolute Gasteiger partial charge is 0.478 e. The zero-order chi connectivity index (χ0) is 19.6. The Balaban J connectivity index is 1.71. The van der Waals surface area contributed by atoms with E-state index in [0.29, 0.717) is 5.92 Å². The fraction of sp³-hybridized carbons (Fsp3) is 0.409. The van der Waals surface area contributed by atoms with Crippen LogP contribution in [0.15, 0.2) is 42.6 Å². The highest BCUT2D eigenvalue weighted by atomic mass is 16.4. The molecule has 3 rings (SSSR count). The summed E-state index contributed by atoms with van der Waals surface area (Å²) in [4.78, 5) is 29.9. The second-order valence-electron chi connectivity index (χ2n) is 8.17. The van der Waals surface area contributed by atoms with E-state index < -0.39 is 5.97 Å². The van der Waals surface area contributed by atoms with Gasteiger partial charge in [-0.15, -0.1) is 0 Å². The quantitative estimate of drug-likeness (QED) is 0.884. The third-order valence-corrected chi connectivity index (χ3v) is 5.11. The van der Waals surface area contributed by atoms with Crippen LogP contribution in [0.5, 0.6) is 0 Å². The fourth-order valence-corrected chi connectivity index (χ4v) is 3.53. The molecular weight excluding hydrogens is 340 g/mol. The number of carbonyl (C=O) groups is 2. The van der Waals surface area contributed by atoms with Gasteiger partial charge in [0.25, 0.3) is 0 Å². The molecule has 1 aromatic carbocycles. The molecule has 2 aromatic rings. The second-order valence-corrected chi connectivity index (χ2v) is 8.17. The minimum absolute atomic E-state index is 0.217. The molecule has 0 aliphatic carbocycles. The van der Waals surface area contributed by atoms with Gasteiger partial charge in [0.2, 0.25) is 5.91 Å². The Morgan fingerprint density at radius 3 is 2.26 bits per heavy atom. The van der Waals surface area contributed by atoms with Crippen LogP contribution in [0.4, 0.5) is 0 Å². The van der Waals surface area contributed by atoms with Crippen molar-refractivity contribution < 1.29 is 14.7 Å². The molecule has 0 atom stereocenters. The van der Waals surface area contributed by atoms with E-state index >= 15 is 0 Å². The van der Waals surface area contributed by atoms with E-state index in [0.717, 1.165) is 37.2 Å². The Labute approximate surface area is 160 Å². The Kier molecular flexibility index (Phi) is 5.31. The smallest absolute Gasteiger partial charge is 0.335 e. The van der Waals surface area contributed by atoms with Gasteiger partial charge >= 0.3 is 5.97 Å². The van der Waals surface area contributed by atoms with Gasteiger partial charge in [0.15, 0.2) is 0 Å². The first-order chi connectivity index (χ1) is 12.8. The van der Waals surface area contributed by atoms with Gasteiger partial charge < -0.3 is 10.0 Å². The van der Waals surface area contributed by atoms with Crippen LogP contribution < -0.4 is 0 Å². The van der Waals surface area contributed by atoms with Crippen molar-refractivity contribution in [3.8, 4) is 11.3 Å². The van der Waals surface area contributed by atoms with Crippen LogP contribution in [0.25, 0.3) is 11.3 Å². The van der Waals surface area contributed by atoms with Crippen LogP contribution in [0.3, 0.4) is 0 Å². The standard InChI is InChI=1S/C22H26N2O3/c1-22(2,3)21(27)24-12-9-15(10-13-24)18-8-11-23-19(14-18)16-4-6-17(7-5-16)20(25)26/h4-8,11,14-15H,9-10,12-13H2,1-3H3,(H,25,26). The number of carbonyl (C=O) groups excluding carboxylic acids is 1. The van der Waals surface area contributed by atoms with Gasteiger partial charge in [-0.1, -0.05) is 32.9 Å². The van der Waals surface area contributed by atoms with Crippen molar-refractivity contribution in [2.75, 3.05) is 13.1 Å². The lowest BCUT2D eigenvalue weighted by molar-refractivity contribution is -0.140. The van der Waals surface area contributed by atoms with Crippen molar-refractivity contribution in [3.63, 3.8) is 0 Å². The molecule has 5 nitrogen and oxygen atoms in total. The van der Waals surface area contributed by atoms with Crippen LogP contribution in [-0.2, 0) is 4.79 Å². The first kappa shape index (κ1) is 19.1. The number of amides is 1. The van der Waals surface area contributed by atoms with E-state index in [1.54, 1.807) is 24.3 Å².